The molecule has 158 valence electrons. The second-order valence-electron chi connectivity index (χ2n) is 7.89. The van der Waals surface area contributed by atoms with Crippen molar-refractivity contribution in [3.8, 4) is 6.07 Å². The number of likely N-dealkylation sites (N-methyl/N-ethyl adjacent to an activating group) is 2. The zero-order valence-electron chi connectivity index (χ0n) is 18.1. The number of carbonyl (C=O) groups is 1. The Morgan fingerprint density at radius 1 is 1.20 bits per heavy atom. The van der Waals surface area contributed by atoms with E-state index >= 15 is 0 Å². The van der Waals surface area contributed by atoms with E-state index in [0.717, 1.165) is 25.2 Å². The average Bonchev–Trinajstić information content (AvgIpc) is 3.58. The fourth-order valence-corrected chi connectivity index (χ4v) is 3.95. The Morgan fingerprint density at radius 3 is 2.47 bits per heavy atom. The SMILES string of the molecule is CCN(CC(C)N(CC)c1ccc(C#N)cn1)C(=O)CNC1(c2ccccc2)CC1. The summed E-state index contributed by atoms with van der Waals surface area (Å²) < 4.78 is 0. The van der Waals surface area contributed by atoms with Crippen LogP contribution in [0.2, 0.25) is 0 Å². The van der Waals surface area contributed by atoms with Crippen LogP contribution in [0.3, 0.4) is 0 Å². The standard InChI is InChI=1S/C24H31N5O/c1-4-28(18-19(3)29(5-2)22-12-11-20(15-25)16-26-22)23(30)17-27-24(13-14-24)21-9-7-6-8-10-21/h6-12,16,19,27H,4-5,13-14,17-18H2,1-3H3. The predicted molar refractivity (Wildman–Crippen MR) is 119 cm³/mol. The van der Waals surface area contributed by atoms with Crippen molar-refractivity contribution in [2.75, 3.05) is 31.1 Å². The second-order valence-corrected chi connectivity index (χ2v) is 7.89. The second kappa shape index (κ2) is 9.73. The molecule has 1 amide bonds. The predicted octanol–water partition coefficient (Wildman–Crippen LogP) is 3.30. The minimum Gasteiger partial charge on any atom is -0.352 e. The van der Waals surface area contributed by atoms with E-state index < -0.39 is 0 Å². The van der Waals surface area contributed by atoms with E-state index in [9.17, 15) is 4.79 Å². The number of anilines is 1. The Hall–Kier alpha value is -2.91. The Labute approximate surface area is 179 Å². The average molecular weight is 406 g/mol. The minimum absolute atomic E-state index is 0.0379. The van der Waals surface area contributed by atoms with E-state index in [1.54, 1.807) is 12.3 Å². The zero-order chi connectivity index (χ0) is 21.6. The molecule has 1 fully saturated rings. The third-order valence-corrected chi connectivity index (χ3v) is 5.92. The lowest BCUT2D eigenvalue weighted by Gasteiger charge is -2.33. The van der Waals surface area contributed by atoms with Crippen molar-refractivity contribution in [2.24, 2.45) is 0 Å². The van der Waals surface area contributed by atoms with Crippen LogP contribution in [0.25, 0.3) is 0 Å². The number of carbonyl (C=O) groups excluding carboxylic acids is 1. The van der Waals surface area contributed by atoms with Gasteiger partial charge in [-0.3, -0.25) is 10.1 Å². The highest BCUT2D eigenvalue weighted by molar-refractivity contribution is 5.78. The number of nitriles is 1. The molecule has 0 bridgehead atoms. The van der Waals surface area contributed by atoms with Crippen LogP contribution in [0, 0.1) is 11.3 Å². The van der Waals surface area contributed by atoms with Gasteiger partial charge in [0, 0.05) is 37.4 Å². The van der Waals surface area contributed by atoms with E-state index in [1.165, 1.54) is 5.56 Å². The molecule has 2 aromatic rings. The van der Waals surface area contributed by atoms with Gasteiger partial charge in [0.2, 0.25) is 5.91 Å². The summed E-state index contributed by atoms with van der Waals surface area (Å²) in [5.74, 6) is 0.946. The number of amides is 1. The Morgan fingerprint density at radius 2 is 1.93 bits per heavy atom. The van der Waals surface area contributed by atoms with Gasteiger partial charge < -0.3 is 9.80 Å². The van der Waals surface area contributed by atoms with Gasteiger partial charge in [-0.1, -0.05) is 30.3 Å². The summed E-state index contributed by atoms with van der Waals surface area (Å²) in [4.78, 5) is 21.4. The molecule has 0 aliphatic heterocycles. The van der Waals surface area contributed by atoms with E-state index in [-0.39, 0.29) is 17.5 Å². The summed E-state index contributed by atoms with van der Waals surface area (Å²) in [6.07, 6.45) is 3.73. The maximum Gasteiger partial charge on any atom is 0.236 e. The van der Waals surface area contributed by atoms with Gasteiger partial charge in [0.1, 0.15) is 11.9 Å². The van der Waals surface area contributed by atoms with E-state index in [2.05, 4.69) is 59.4 Å². The largest absolute Gasteiger partial charge is 0.352 e. The third kappa shape index (κ3) is 4.98. The van der Waals surface area contributed by atoms with Crippen molar-refractivity contribution in [2.45, 2.75) is 45.2 Å². The molecule has 1 heterocycles. The molecule has 0 spiro atoms. The Kier molecular flexibility index (Phi) is 7.07. The first-order valence-corrected chi connectivity index (χ1v) is 10.7. The molecule has 1 atom stereocenters. The number of benzene rings is 1. The molecule has 1 unspecified atom stereocenters. The normalized spacial score (nSPS) is 15.1. The van der Waals surface area contributed by atoms with Gasteiger partial charge >= 0.3 is 0 Å². The first kappa shape index (κ1) is 21.8. The number of nitrogens with zero attached hydrogens (tertiary/aromatic N) is 4. The molecule has 3 rings (SSSR count). The summed E-state index contributed by atoms with van der Waals surface area (Å²) in [5, 5.41) is 12.5. The number of rotatable bonds is 10. The topological polar surface area (TPSA) is 72.3 Å². The number of pyridine rings is 1. The fourth-order valence-electron chi connectivity index (χ4n) is 3.95. The van der Waals surface area contributed by atoms with Gasteiger partial charge in [0.25, 0.3) is 0 Å². The van der Waals surface area contributed by atoms with E-state index in [4.69, 9.17) is 5.26 Å². The monoisotopic (exact) mass is 405 g/mol. The van der Waals surface area contributed by atoms with Gasteiger partial charge in [-0.2, -0.15) is 5.26 Å². The van der Waals surface area contributed by atoms with Crippen LogP contribution in [0.1, 0.15) is 44.7 Å². The van der Waals surface area contributed by atoms with Crippen molar-refractivity contribution >= 4 is 11.7 Å². The van der Waals surface area contributed by atoms with E-state index in [1.807, 2.05) is 24.0 Å². The fraction of sp³-hybridized carbons (Fsp3) is 0.458. The first-order chi connectivity index (χ1) is 14.5. The maximum absolute atomic E-state index is 12.9. The van der Waals surface area contributed by atoms with Crippen LogP contribution < -0.4 is 10.2 Å². The smallest absolute Gasteiger partial charge is 0.236 e. The van der Waals surface area contributed by atoms with Gasteiger partial charge in [0.05, 0.1) is 12.1 Å². The van der Waals surface area contributed by atoms with Crippen LogP contribution in [0.15, 0.2) is 48.7 Å². The highest BCUT2D eigenvalue weighted by Gasteiger charge is 2.44. The van der Waals surface area contributed by atoms with E-state index in [0.29, 0.717) is 25.2 Å². The van der Waals surface area contributed by atoms with Gasteiger partial charge in [-0.05, 0) is 51.3 Å². The molecule has 30 heavy (non-hydrogen) atoms. The number of aromatic nitrogens is 1. The van der Waals surface area contributed by atoms with Crippen molar-refractivity contribution in [1.82, 2.24) is 15.2 Å². The molecule has 6 nitrogen and oxygen atoms in total. The summed E-state index contributed by atoms with van der Waals surface area (Å²) in [7, 11) is 0. The summed E-state index contributed by atoms with van der Waals surface area (Å²) >= 11 is 0. The number of hydrogen-bond acceptors (Lipinski definition) is 5. The molecule has 0 saturated heterocycles. The molecule has 1 aliphatic carbocycles. The highest BCUT2D eigenvalue weighted by Crippen LogP contribution is 2.45. The van der Waals surface area contributed by atoms with Crippen LogP contribution >= 0.6 is 0 Å². The Balaban J connectivity index is 1.59. The molecule has 0 radical (unpaired) electrons. The lowest BCUT2D eigenvalue weighted by molar-refractivity contribution is -0.130. The molecular formula is C24H31N5O. The zero-order valence-corrected chi connectivity index (χ0v) is 18.1. The van der Waals surface area contributed by atoms with Crippen LogP contribution in [-0.4, -0.2) is 48.0 Å². The van der Waals surface area contributed by atoms with Crippen molar-refractivity contribution < 1.29 is 4.79 Å². The van der Waals surface area contributed by atoms with Crippen molar-refractivity contribution in [1.29, 1.82) is 5.26 Å². The highest BCUT2D eigenvalue weighted by atomic mass is 16.2. The summed E-state index contributed by atoms with van der Waals surface area (Å²) in [5.41, 5.74) is 1.77. The van der Waals surface area contributed by atoms with Gasteiger partial charge in [-0.25, -0.2) is 4.98 Å². The quantitative estimate of drug-likeness (QED) is 0.657. The molecule has 6 heteroatoms. The lowest BCUT2D eigenvalue weighted by Crippen LogP contribution is -2.48. The number of hydrogen-bond donors (Lipinski definition) is 1. The number of nitrogens with one attached hydrogen (secondary N) is 1. The summed E-state index contributed by atoms with van der Waals surface area (Å²) in [6, 6.07) is 16.3. The molecule has 1 aliphatic rings. The molecule has 1 saturated carbocycles. The molecule has 1 N–H and O–H groups in total. The lowest BCUT2D eigenvalue weighted by atomic mass is 10.1. The van der Waals surface area contributed by atoms with Gasteiger partial charge in [-0.15, -0.1) is 0 Å². The van der Waals surface area contributed by atoms with Gasteiger partial charge in [0.15, 0.2) is 0 Å². The third-order valence-electron chi connectivity index (χ3n) is 5.92. The summed E-state index contributed by atoms with van der Waals surface area (Å²) in [6.45, 7) is 8.63. The van der Waals surface area contributed by atoms with Crippen LogP contribution in [0.4, 0.5) is 5.82 Å². The molecule has 1 aromatic carbocycles. The van der Waals surface area contributed by atoms with Crippen LogP contribution in [0.5, 0.6) is 0 Å². The molecular weight excluding hydrogens is 374 g/mol. The van der Waals surface area contributed by atoms with Crippen molar-refractivity contribution in [3.05, 3.63) is 59.8 Å². The minimum atomic E-state index is -0.0379. The van der Waals surface area contributed by atoms with Crippen molar-refractivity contribution in [3.63, 3.8) is 0 Å². The Bertz CT molecular complexity index is 871. The maximum atomic E-state index is 12.9. The van der Waals surface area contributed by atoms with Crippen LogP contribution in [-0.2, 0) is 10.3 Å². The molecule has 1 aromatic heterocycles. The first-order valence-electron chi connectivity index (χ1n) is 10.7.